The zero-order valence-electron chi connectivity index (χ0n) is 11.0. The second-order valence-electron chi connectivity index (χ2n) is 4.02. The minimum absolute atomic E-state index is 0.0125. The highest BCUT2D eigenvalue weighted by molar-refractivity contribution is 7.89. The van der Waals surface area contributed by atoms with E-state index in [-0.39, 0.29) is 4.90 Å². The van der Waals surface area contributed by atoms with Crippen molar-refractivity contribution in [1.29, 1.82) is 0 Å². The van der Waals surface area contributed by atoms with E-state index in [9.17, 15) is 18.3 Å². The zero-order chi connectivity index (χ0) is 14.6. The van der Waals surface area contributed by atoms with Crippen LogP contribution in [0.3, 0.4) is 0 Å². The van der Waals surface area contributed by atoms with Gasteiger partial charge in [0.1, 0.15) is 5.75 Å². The Balaban J connectivity index is 3.02. The number of carboxylic acid groups (broad SMARTS) is 1. The number of hydrogen-bond donors (Lipinski definition) is 1. The zero-order valence-corrected chi connectivity index (χ0v) is 11.8. The number of carboxylic acids is 1. The van der Waals surface area contributed by atoms with Crippen molar-refractivity contribution in [2.75, 3.05) is 6.61 Å². The van der Waals surface area contributed by atoms with Crippen molar-refractivity contribution in [3.8, 4) is 5.75 Å². The predicted octanol–water partition coefficient (Wildman–Crippen LogP) is -0.190. The Morgan fingerprint density at radius 2 is 2.11 bits per heavy atom. The molecule has 0 fully saturated rings. The molecule has 0 aromatic heterocycles. The molecule has 1 rings (SSSR count). The number of carbonyl (C=O) groups is 1. The van der Waals surface area contributed by atoms with Crippen LogP contribution in [-0.2, 0) is 14.8 Å². The highest BCUT2D eigenvalue weighted by atomic mass is 32.2. The molecule has 0 aliphatic rings. The Labute approximate surface area is 112 Å². The Bertz CT molecular complexity index is 567. The molecule has 7 heteroatoms. The maximum Gasteiger partial charge on any atom is 0.241 e. The molecule has 1 aromatic carbocycles. The summed E-state index contributed by atoms with van der Waals surface area (Å²) in [5.41, 5.74) is 0.658. The molecule has 0 radical (unpaired) electrons. The summed E-state index contributed by atoms with van der Waals surface area (Å²) in [7, 11) is -3.89. The molecule has 0 aliphatic heterocycles. The number of ether oxygens (including phenoxy) is 1. The first kappa shape index (κ1) is 15.5. The number of sulfonamides is 1. The average molecular weight is 286 g/mol. The van der Waals surface area contributed by atoms with Gasteiger partial charge in [-0.2, -0.15) is 0 Å². The predicted molar refractivity (Wildman–Crippen MR) is 67.1 cm³/mol. The lowest BCUT2D eigenvalue weighted by Crippen LogP contribution is -2.45. The van der Waals surface area contributed by atoms with E-state index in [1.807, 2.05) is 11.6 Å². The van der Waals surface area contributed by atoms with Crippen LogP contribution in [0.2, 0.25) is 0 Å². The molecule has 0 saturated heterocycles. The molecule has 1 N–H and O–H groups in total. The molecular weight excluding hydrogens is 270 g/mol. The monoisotopic (exact) mass is 286 g/mol. The van der Waals surface area contributed by atoms with Crippen LogP contribution >= 0.6 is 0 Å². The van der Waals surface area contributed by atoms with Crippen LogP contribution in [-0.4, -0.2) is 27.0 Å². The van der Waals surface area contributed by atoms with E-state index in [1.54, 1.807) is 6.92 Å². The fourth-order valence-electron chi connectivity index (χ4n) is 1.46. The molecule has 1 atom stereocenters. The van der Waals surface area contributed by atoms with Gasteiger partial charge in [0.2, 0.25) is 10.0 Å². The topological polar surface area (TPSA) is 95.5 Å². The van der Waals surface area contributed by atoms with E-state index in [2.05, 4.69) is 0 Å². The highest BCUT2D eigenvalue weighted by Crippen LogP contribution is 2.21. The number of nitrogens with one attached hydrogen (secondary N) is 1. The smallest absolute Gasteiger partial charge is 0.241 e. The van der Waals surface area contributed by atoms with E-state index in [1.165, 1.54) is 25.1 Å². The molecule has 0 unspecified atom stereocenters. The first-order chi connectivity index (χ1) is 8.77. The van der Waals surface area contributed by atoms with E-state index >= 15 is 0 Å². The molecule has 6 nitrogen and oxygen atoms in total. The lowest BCUT2D eigenvalue weighted by molar-refractivity contribution is -0.307. The Morgan fingerprint density at radius 3 is 2.58 bits per heavy atom. The van der Waals surface area contributed by atoms with Crippen molar-refractivity contribution in [3.05, 3.63) is 23.8 Å². The van der Waals surface area contributed by atoms with Crippen LogP contribution in [0.5, 0.6) is 5.75 Å². The number of carbonyl (C=O) groups excluding carboxylic acids is 1. The van der Waals surface area contributed by atoms with Crippen LogP contribution in [0, 0.1) is 6.92 Å². The third-order valence-corrected chi connectivity index (χ3v) is 3.98. The summed E-state index contributed by atoms with van der Waals surface area (Å²) < 4.78 is 31.2. The molecule has 0 heterocycles. The number of aliphatic carboxylic acids is 1. The number of rotatable bonds is 6. The fourth-order valence-corrected chi connectivity index (χ4v) is 2.73. The normalized spacial score (nSPS) is 13.0. The van der Waals surface area contributed by atoms with Crippen molar-refractivity contribution in [1.82, 2.24) is 4.72 Å². The molecular formula is C12H16NO5S-. The summed E-state index contributed by atoms with van der Waals surface area (Å²) in [6.07, 6.45) is 0. The molecule has 0 saturated carbocycles. The third kappa shape index (κ3) is 3.93. The molecule has 0 spiro atoms. The first-order valence-electron chi connectivity index (χ1n) is 5.74. The van der Waals surface area contributed by atoms with E-state index in [0.717, 1.165) is 0 Å². The summed E-state index contributed by atoms with van der Waals surface area (Å²) in [4.78, 5) is 10.5. The number of benzene rings is 1. The molecule has 1 aromatic rings. The van der Waals surface area contributed by atoms with Gasteiger partial charge in [-0.25, -0.2) is 13.1 Å². The molecule has 19 heavy (non-hydrogen) atoms. The van der Waals surface area contributed by atoms with Gasteiger partial charge in [0.15, 0.2) is 0 Å². The summed E-state index contributed by atoms with van der Waals surface area (Å²) >= 11 is 0. The van der Waals surface area contributed by atoms with Gasteiger partial charge in [0, 0.05) is 0 Å². The second-order valence-corrected chi connectivity index (χ2v) is 5.74. The van der Waals surface area contributed by atoms with Crippen molar-refractivity contribution >= 4 is 16.0 Å². The van der Waals surface area contributed by atoms with Gasteiger partial charge in [-0.15, -0.1) is 0 Å². The summed E-state index contributed by atoms with van der Waals surface area (Å²) in [6, 6.07) is 3.03. The number of hydrogen-bond acceptors (Lipinski definition) is 5. The maximum atomic E-state index is 11.9. The summed E-state index contributed by atoms with van der Waals surface area (Å²) in [5, 5.41) is 10.6. The van der Waals surface area contributed by atoms with E-state index < -0.39 is 22.0 Å². The molecule has 0 amide bonds. The van der Waals surface area contributed by atoms with Crippen molar-refractivity contribution in [3.63, 3.8) is 0 Å². The van der Waals surface area contributed by atoms with Crippen LogP contribution in [0.15, 0.2) is 23.1 Å². The third-order valence-electron chi connectivity index (χ3n) is 2.44. The molecule has 0 aliphatic carbocycles. The van der Waals surface area contributed by atoms with Crippen LogP contribution in [0.1, 0.15) is 19.4 Å². The van der Waals surface area contributed by atoms with Gasteiger partial charge >= 0.3 is 0 Å². The molecule has 106 valence electrons. The minimum Gasteiger partial charge on any atom is -0.548 e. The minimum atomic E-state index is -3.89. The van der Waals surface area contributed by atoms with Gasteiger partial charge in [0.05, 0.1) is 23.5 Å². The fraction of sp³-hybridized carbons (Fsp3) is 0.417. The lowest BCUT2D eigenvalue weighted by atomic mass is 10.2. The largest absolute Gasteiger partial charge is 0.548 e. The Morgan fingerprint density at radius 1 is 1.47 bits per heavy atom. The summed E-state index contributed by atoms with van der Waals surface area (Å²) in [6.45, 7) is 5.22. The number of aryl methyl sites for hydroxylation is 1. The van der Waals surface area contributed by atoms with Crippen LogP contribution in [0.25, 0.3) is 0 Å². The van der Waals surface area contributed by atoms with Crippen molar-refractivity contribution < 1.29 is 23.1 Å². The summed E-state index contributed by atoms with van der Waals surface area (Å²) in [5.74, 6) is -0.888. The van der Waals surface area contributed by atoms with Gasteiger partial charge in [-0.05, 0) is 44.5 Å². The second kappa shape index (κ2) is 6.03. The Kier molecular flexibility index (Phi) is 4.90. The maximum absolute atomic E-state index is 11.9. The molecule has 0 bridgehead atoms. The van der Waals surface area contributed by atoms with Gasteiger partial charge in [0.25, 0.3) is 0 Å². The van der Waals surface area contributed by atoms with E-state index in [4.69, 9.17) is 4.74 Å². The van der Waals surface area contributed by atoms with Gasteiger partial charge in [-0.3, -0.25) is 0 Å². The van der Waals surface area contributed by atoms with Crippen LogP contribution < -0.4 is 14.6 Å². The van der Waals surface area contributed by atoms with Crippen LogP contribution in [0.4, 0.5) is 0 Å². The highest BCUT2D eigenvalue weighted by Gasteiger charge is 2.18. The lowest BCUT2D eigenvalue weighted by Gasteiger charge is -2.15. The standard InChI is InChI=1S/C12H17NO5S/c1-4-18-11-6-5-10(7-8(11)2)19(16,17)13-9(3)12(14)15/h5-7,9,13H,4H2,1-3H3,(H,14,15)/p-1/t9-/m0/s1. The van der Waals surface area contributed by atoms with Crippen molar-refractivity contribution in [2.45, 2.75) is 31.7 Å². The first-order valence-corrected chi connectivity index (χ1v) is 7.23. The van der Waals surface area contributed by atoms with E-state index in [0.29, 0.717) is 17.9 Å². The SMILES string of the molecule is CCOc1ccc(S(=O)(=O)N[C@@H](C)C(=O)[O-])cc1C. The van der Waals surface area contributed by atoms with Gasteiger partial charge in [-0.1, -0.05) is 0 Å². The Hall–Kier alpha value is -1.60. The van der Waals surface area contributed by atoms with Gasteiger partial charge < -0.3 is 14.6 Å². The quantitative estimate of drug-likeness (QED) is 0.782. The average Bonchev–Trinajstić information content (AvgIpc) is 2.31. The van der Waals surface area contributed by atoms with Crippen molar-refractivity contribution in [2.24, 2.45) is 0 Å².